The normalized spacial score (nSPS) is 14.1. The predicted octanol–water partition coefficient (Wildman–Crippen LogP) is 4.37. The molecule has 0 saturated carbocycles. The highest BCUT2D eigenvalue weighted by atomic mass is 16.5. The van der Waals surface area contributed by atoms with Crippen molar-refractivity contribution < 1.29 is 14.3 Å². The van der Waals surface area contributed by atoms with Crippen LogP contribution >= 0.6 is 0 Å². The van der Waals surface area contributed by atoms with Crippen LogP contribution in [0.2, 0.25) is 0 Å². The van der Waals surface area contributed by atoms with Gasteiger partial charge in [-0.3, -0.25) is 4.79 Å². The van der Waals surface area contributed by atoms with Crippen molar-refractivity contribution in [1.29, 1.82) is 0 Å². The van der Waals surface area contributed by atoms with E-state index in [2.05, 4.69) is 29.0 Å². The minimum atomic E-state index is -0.230. The topological polar surface area (TPSA) is 63.7 Å². The lowest BCUT2D eigenvalue weighted by Gasteiger charge is -2.28. The number of carbonyl (C=O) groups excluding carboxylic acids is 1. The van der Waals surface area contributed by atoms with Crippen molar-refractivity contribution in [3.63, 3.8) is 0 Å². The molecular weight excluding hydrogens is 354 g/mol. The highest BCUT2D eigenvalue weighted by Crippen LogP contribution is 2.29. The first kappa shape index (κ1) is 20.0. The Hall–Kier alpha value is -2.76. The third kappa shape index (κ3) is 5.15. The van der Waals surface area contributed by atoms with Crippen LogP contribution in [0.1, 0.15) is 43.5 Å². The molecule has 6 nitrogen and oxygen atoms in total. The van der Waals surface area contributed by atoms with Crippen LogP contribution in [-0.4, -0.2) is 37.7 Å². The second kappa shape index (κ2) is 9.44. The maximum atomic E-state index is 12.6. The summed E-state index contributed by atoms with van der Waals surface area (Å²) in [4.78, 5) is 19.3. The molecule has 1 aliphatic heterocycles. The van der Waals surface area contributed by atoms with E-state index in [1.54, 1.807) is 25.3 Å². The molecule has 6 heteroatoms. The third-order valence-electron chi connectivity index (χ3n) is 4.71. The smallest absolute Gasteiger partial charge is 0.256 e. The first-order valence-electron chi connectivity index (χ1n) is 9.90. The number of nitrogens with zero attached hydrogens (tertiary/aromatic N) is 2. The van der Waals surface area contributed by atoms with Gasteiger partial charge in [0.15, 0.2) is 11.5 Å². The van der Waals surface area contributed by atoms with Crippen LogP contribution in [0.25, 0.3) is 0 Å². The van der Waals surface area contributed by atoms with E-state index in [1.165, 1.54) is 19.3 Å². The van der Waals surface area contributed by atoms with Gasteiger partial charge in [0.2, 0.25) is 0 Å². The number of carbonyl (C=O) groups is 1. The fourth-order valence-corrected chi connectivity index (χ4v) is 3.17. The zero-order valence-corrected chi connectivity index (χ0v) is 16.9. The van der Waals surface area contributed by atoms with Gasteiger partial charge in [0.05, 0.1) is 25.6 Å². The highest BCUT2D eigenvalue weighted by Gasteiger charge is 2.14. The predicted molar refractivity (Wildman–Crippen MR) is 112 cm³/mol. The minimum Gasteiger partial charge on any atom is -0.493 e. The van der Waals surface area contributed by atoms with E-state index in [4.69, 9.17) is 9.47 Å². The van der Waals surface area contributed by atoms with E-state index in [0.29, 0.717) is 35.4 Å². The Labute approximate surface area is 166 Å². The molecule has 0 bridgehead atoms. The van der Waals surface area contributed by atoms with Crippen LogP contribution in [0.5, 0.6) is 11.5 Å². The van der Waals surface area contributed by atoms with Crippen LogP contribution in [0, 0.1) is 5.92 Å². The summed E-state index contributed by atoms with van der Waals surface area (Å²) in [5, 5.41) is 2.84. The van der Waals surface area contributed by atoms with Gasteiger partial charge in [-0.05, 0) is 55.5 Å². The molecule has 1 N–H and O–H groups in total. The Bertz CT molecular complexity index is 784. The number of nitrogens with one attached hydrogen (secondary N) is 1. The zero-order chi connectivity index (χ0) is 19.9. The SMILES string of the molecule is COc1cc(C(=O)Nc2ccc(N3CCCCC3)cn2)ccc1OCC(C)C. The lowest BCUT2D eigenvalue weighted by atomic mass is 10.1. The second-order valence-electron chi connectivity index (χ2n) is 7.47. The summed E-state index contributed by atoms with van der Waals surface area (Å²) in [5.74, 6) is 1.89. The van der Waals surface area contributed by atoms with Crippen molar-refractivity contribution in [3.8, 4) is 11.5 Å². The number of methoxy groups -OCH3 is 1. The molecule has 1 aliphatic rings. The first-order valence-corrected chi connectivity index (χ1v) is 9.90. The Morgan fingerprint density at radius 3 is 2.57 bits per heavy atom. The number of hydrogen-bond acceptors (Lipinski definition) is 5. The largest absolute Gasteiger partial charge is 0.493 e. The molecule has 28 heavy (non-hydrogen) atoms. The van der Waals surface area contributed by atoms with Gasteiger partial charge in [-0.1, -0.05) is 13.8 Å². The number of ether oxygens (including phenoxy) is 2. The summed E-state index contributed by atoms with van der Waals surface area (Å²) < 4.78 is 11.1. The standard InChI is InChI=1S/C22H29N3O3/c1-16(2)15-28-19-9-7-17(13-20(19)27-3)22(26)24-21-10-8-18(14-23-21)25-11-5-4-6-12-25/h7-10,13-14,16H,4-6,11-12,15H2,1-3H3,(H,23,24,26). The van der Waals surface area contributed by atoms with Crippen LogP contribution in [0.3, 0.4) is 0 Å². The summed E-state index contributed by atoms with van der Waals surface area (Å²) in [5.41, 5.74) is 1.60. The molecule has 0 unspecified atom stereocenters. The van der Waals surface area contributed by atoms with Crippen LogP contribution in [0.15, 0.2) is 36.5 Å². The molecule has 1 fully saturated rings. The quantitative estimate of drug-likeness (QED) is 0.769. The summed E-state index contributed by atoms with van der Waals surface area (Å²) in [7, 11) is 1.57. The van der Waals surface area contributed by atoms with E-state index in [-0.39, 0.29) is 5.91 Å². The molecule has 3 rings (SSSR count). The Morgan fingerprint density at radius 2 is 1.93 bits per heavy atom. The molecule has 0 spiro atoms. The summed E-state index contributed by atoms with van der Waals surface area (Å²) in [6.07, 6.45) is 5.56. The second-order valence-corrected chi connectivity index (χ2v) is 7.47. The van der Waals surface area contributed by atoms with E-state index < -0.39 is 0 Å². The number of hydrogen-bond donors (Lipinski definition) is 1. The molecule has 2 aromatic rings. The number of rotatable bonds is 7. The fourth-order valence-electron chi connectivity index (χ4n) is 3.17. The summed E-state index contributed by atoms with van der Waals surface area (Å²) >= 11 is 0. The van der Waals surface area contributed by atoms with E-state index in [9.17, 15) is 4.79 Å². The van der Waals surface area contributed by atoms with Crippen LogP contribution in [0.4, 0.5) is 11.5 Å². The van der Waals surface area contributed by atoms with Crippen molar-refractivity contribution in [2.24, 2.45) is 5.92 Å². The zero-order valence-electron chi connectivity index (χ0n) is 16.9. The Balaban J connectivity index is 1.65. The molecule has 150 valence electrons. The molecule has 1 aromatic heterocycles. The molecule has 0 aliphatic carbocycles. The molecule has 0 radical (unpaired) electrons. The molecule has 1 aromatic carbocycles. The average molecular weight is 383 g/mol. The molecule has 1 saturated heterocycles. The van der Waals surface area contributed by atoms with Gasteiger partial charge in [-0.2, -0.15) is 0 Å². The number of piperidine rings is 1. The third-order valence-corrected chi connectivity index (χ3v) is 4.71. The maximum Gasteiger partial charge on any atom is 0.256 e. The number of benzene rings is 1. The van der Waals surface area contributed by atoms with E-state index in [1.807, 2.05) is 18.3 Å². The monoisotopic (exact) mass is 383 g/mol. The van der Waals surface area contributed by atoms with E-state index >= 15 is 0 Å². The van der Waals surface area contributed by atoms with Crippen molar-refractivity contribution in [2.75, 3.05) is 37.0 Å². The number of aromatic nitrogens is 1. The molecular formula is C22H29N3O3. The van der Waals surface area contributed by atoms with Crippen molar-refractivity contribution in [3.05, 3.63) is 42.1 Å². The van der Waals surface area contributed by atoms with Gasteiger partial charge in [0.25, 0.3) is 5.91 Å². The Kier molecular flexibility index (Phi) is 6.74. The molecule has 0 atom stereocenters. The van der Waals surface area contributed by atoms with E-state index in [0.717, 1.165) is 18.8 Å². The lowest BCUT2D eigenvalue weighted by molar-refractivity contribution is 0.102. The van der Waals surface area contributed by atoms with Crippen molar-refractivity contribution >= 4 is 17.4 Å². The highest BCUT2D eigenvalue weighted by molar-refractivity contribution is 6.04. The minimum absolute atomic E-state index is 0.230. The summed E-state index contributed by atoms with van der Waals surface area (Å²) in [6, 6.07) is 9.04. The van der Waals surface area contributed by atoms with Gasteiger partial charge in [0.1, 0.15) is 5.82 Å². The van der Waals surface area contributed by atoms with Crippen LogP contribution in [-0.2, 0) is 0 Å². The van der Waals surface area contributed by atoms with Gasteiger partial charge in [-0.25, -0.2) is 4.98 Å². The molecule has 2 heterocycles. The lowest BCUT2D eigenvalue weighted by Crippen LogP contribution is -2.29. The maximum absolute atomic E-state index is 12.6. The first-order chi connectivity index (χ1) is 13.6. The van der Waals surface area contributed by atoms with Gasteiger partial charge < -0.3 is 19.7 Å². The number of amides is 1. The van der Waals surface area contributed by atoms with Crippen molar-refractivity contribution in [1.82, 2.24) is 4.98 Å². The number of pyridine rings is 1. The van der Waals surface area contributed by atoms with Gasteiger partial charge in [0, 0.05) is 18.7 Å². The Morgan fingerprint density at radius 1 is 1.14 bits per heavy atom. The summed E-state index contributed by atoms with van der Waals surface area (Å²) in [6.45, 7) is 6.89. The van der Waals surface area contributed by atoms with Crippen LogP contribution < -0.4 is 19.7 Å². The molecule has 1 amide bonds. The number of anilines is 2. The van der Waals surface area contributed by atoms with Gasteiger partial charge in [-0.15, -0.1) is 0 Å². The average Bonchev–Trinajstić information content (AvgIpc) is 2.73. The van der Waals surface area contributed by atoms with Gasteiger partial charge >= 0.3 is 0 Å². The van der Waals surface area contributed by atoms with Crippen molar-refractivity contribution in [2.45, 2.75) is 33.1 Å². The fraction of sp³-hybridized carbons (Fsp3) is 0.455.